The predicted molar refractivity (Wildman–Crippen MR) is 109 cm³/mol. The molecule has 0 aromatic heterocycles. The molecule has 0 saturated heterocycles. The molecule has 1 aliphatic carbocycles. The maximum atomic E-state index is 11.8. The molecule has 1 aromatic rings. The third kappa shape index (κ3) is 7.74. The van der Waals surface area contributed by atoms with Crippen molar-refractivity contribution in [2.45, 2.75) is 71.1 Å². The maximum Gasteiger partial charge on any atom is 0.306 e. The van der Waals surface area contributed by atoms with E-state index in [1.807, 2.05) is 0 Å². The lowest BCUT2D eigenvalue weighted by atomic mass is 9.85. The highest BCUT2D eigenvalue weighted by molar-refractivity contribution is 5.69. The van der Waals surface area contributed by atoms with Crippen LogP contribution in [0.5, 0.6) is 0 Å². The Kier molecular flexibility index (Phi) is 9.47. The number of benzene rings is 1. The van der Waals surface area contributed by atoms with E-state index in [1.165, 1.54) is 55.2 Å². The Labute approximate surface area is 159 Å². The number of allylic oxidation sites excluding steroid dienone is 1. The van der Waals surface area contributed by atoms with Gasteiger partial charge in [0.15, 0.2) is 0 Å². The van der Waals surface area contributed by atoms with Crippen molar-refractivity contribution in [1.82, 2.24) is 0 Å². The number of carbonyl (C=O) groups excluding carboxylic acids is 1. The molecule has 3 nitrogen and oxygen atoms in total. The van der Waals surface area contributed by atoms with E-state index in [0.29, 0.717) is 18.9 Å². The van der Waals surface area contributed by atoms with Crippen LogP contribution in [0.1, 0.15) is 75.8 Å². The van der Waals surface area contributed by atoms with Crippen molar-refractivity contribution in [2.75, 3.05) is 13.2 Å². The summed E-state index contributed by atoms with van der Waals surface area (Å²) >= 11 is 0. The molecule has 0 aliphatic heterocycles. The lowest BCUT2D eigenvalue weighted by Gasteiger charge is -2.22. The Hall–Kier alpha value is -1.61. The Balaban J connectivity index is 1.69. The summed E-state index contributed by atoms with van der Waals surface area (Å²) in [6.07, 6.45) is 12.9. The molecule has 2 rings (SSSR count). The first kappa shape index (κ1) is 20.7. The minimum atomic E-state index is -0.0793. The lowest BCUT2D eigenvalue weighted by molar-refractivity contribution is -0.143. The Bertz CT molecular complexity index is 552. The van der Waals surface area contributed by atoms with Gasteiger partial charge in [0, 0.05) is 6.42 Å². The SMILES string of the molecule is CCCCCCOC(=O)CCc1ccc(C=C2CCC(CN)CC2)cc1. The highest BCUT2D eigenvalue weighted by Crippen LogP contribution is 2.29. The molecule has 0 radical (unpaired) electrons. The zero-order valence-corrected chi connectivity index (χ0v) is 16.3. The molecule has 0 heterocycles. The lowest BCUT2D eigenvalue weighted by Crippen LogP contribution is -2.17. The smallest absolute Gasteiger partial charge is 0.306 e. The first-order valence-corrected chi connectivity index (χ1v) is 10.3. The minimum absolute atomic E-state index is 0.0793. The van der Waals surface area contributed by atoms with Crippen molar-refractivity contribution in [1.29, 1.82) is 0 Å². The van der Waals surface area contributed by atoms with Crippen molar-refractivity contribution < 1.29 is 9.53 Å². The topological polar surface area (TPSA) is 52.3 Å². The summed E-state index contributed by atoms with van der Waals surface area (Å²) in [5.74, 6) is 0.630. The summed E-state index contributed by atoms with van der Waals surface area (Å²) in [5, 5.41) is 0. The number of rotatable bonds is 10. The second-order valence-electron chi connectivity index (χ2n) is 7.50. The van der Waals surface area contributed by atoms with Crippen molar-refractivity contribution >= 4 is 12.0 Å². The van der Waals surface area contributed by atoms with E-state index in [1.54, 1.807) is 0 Å². The Morgan fingerprint density at radius 3 is 2.54 bits per heavy atom. The first-order chi connectivity index (χ1) is 12.7. The molecule has 0 unspecified atom stereocenters. The van der Waals surface area contributed by atoms with Crippen LogP contribution in [0.3, 0.4) is 0 Å². The highest BCUT2D eigenvalue weighted by Gasteiger charge is 2.14. The molecule has 144 valence electrons. The van der Waals surface area contributed by atoms with Crippen molar-refractivity contribution in [3.05, 3.63) is 41.0 Å². The molecule has 1 aliphatic rings. The number of hydrogen-bond donors (Lipinski definition) is 1. The van der Waals surface area contributed by atoms with Crippen molar-refractivity contribution in [3.63, 3.8) is 0 Å². The quantitative estimate of drug-likeness (QED) is 0.458. The van der Waals surface area contributed by atoms with Crippen LogP contribution < -0.4 is 5.73 Å². The number of carbonyl (C=O) groups is 1. The Morgan fingerprint density at radius 1 is 1.15 bits per heavy atom. The van der Waals surface area contributed by atoms with Gasteiger partial charge < -0.3 is 10.5 Å². The molecular weight excluding hydrogens is 322 g/mol. The van der Waals surface area contributed by atoms with E-state index in [-0.39, 0.29) is 5.97 Å². The van der Waals surface area contributed by atoms with Crippen LogP contribution in [0.2, 0.25) is 0 Å². The van der Waals surface area contributed by atoms with Crippen LogP contribution in [0.15, 0.2) is 29.8 Å². The van der Waals surface area contributed by atoms with Gasteiger partial charge in [0.25, 0.3) is 0 Å². The third-order valence-electron chi connectivity index (χ3n) is 5.31. The van der Waals surface area contributed by atoms with Crippen LogP contribution in [0.4, 0.5) is 0 Å². The first-order valence-electron chi connectivity index (χ1n) is 10.3. The molecule has 0 atom stereocenters. The van der Waals surface area contributed by atoms with Gasteiger partial charge in [-0.3, -0.25) is 4.79 Å². The molecule has 1 fully saturated rings. The van der Waals surface area contributed by atoms with Gasteiger partial charge in [-0.25, -0.2) is 0 Å². The van der Waals surface area contributed by atoms with Gasteiger partial charge in [-0.05, 0) is 62.1 Å². The molecule has 0 bridgehead atoms. The fourth-order valence-electron chi connectivity index (χ4n) is 3.48. The van der Waals surface area contributed by atoms with Gasteiger partial charge in [0.1, 0.15) is 0 Å². The van der Waals surface area contributed by atoms with Gasteiger partial charge in [-0.1, -0.05) is 62.1 Å². The number of ether oxygens (including phenoxy) is 1. The van der Waals surface area contributed by atoms with Crippen LogP contribution in [0.25, 0.3) is 6.08 Å². The van der Waals surface area contributed by atoms with Crippen LogP contribution in [-0.2, 0) is 16.0 Å². The van der Waals surface area contributed by atoms with E-state index in [9.17, 15) is 4.79 Å². The average molecular weight is 358 g/mol. The van der Waals surface area contributed by atoms with E-state index in [4.69, 9.17) is 10.5 Å². The molecule has 0 spiro atoms. The van der Waals surface area contributed by atoms with Gasteiger partial charge in [0.05, 0.1) is 6.61 Å². The number of hydrogen-bond acceptors (Lipinski definition) is 3. The summed E-state index contributed by atoms with van der Waals surface area (Å²) in [5.41, 5.74) is 9.75. The molecule has 3 heteroatoms. The molecule has 2 N–H and O–H groups in total. The van der Waals surface area contributed by atoms with Gasteiger partial charge in [0.2, 0.25) is 0 Å². The Morgan fingerprint density at radius 2 is 1.88 bits per heavy atom. The number of aryl methyl sites for hydroxylation is 1. The second-order valence-corrected chi connectivity index (χ2v) is 7.50. The predicted octanol–water partition coefficient (Wildman–Crippen LogP) is 5.28. The van der Waals surface area contributed by atoms with E-state index in [2.05, 4.69) is 37.3 Å². The van der Waals surface area contributed by atoms with Gasteiger partial charge in [-0.2, -0.15) is 0 Å². The van der Waals surface area contributed by atoms with Crippen LogP contribution >= 0.6 is 0 Å². The molecule has 1 saturated carbocycles. The summed E-state index contributed by atoms with van der Waals surface area (Å²) < 4.78 is 5.30. The zero-order chi connectivity index (χ0) is 18.6. The third-order valence-corrected chi connectivity index (χ3v) is 5.31. The van der Waals surface area contributed by atoms with E-state index in [0.717, 1.165) is 25.8 Å². The van der Waals surface area contributed by atoms with E-state index < -0.39 is 0 Å². The van der Waals surface area contributed by atoms with Crippen molar-refractivity contribution in [2.24, 2.45) is 11.7 Å². The van der Waals surface area contributed by atoms with Gasteiger partial charge >= 0.3 is 5.97 Å². The fourth-order valence-corrected chi connectivity index (χ4v) is 3.48. The second kappa shape index (κ2) is 11.9. The monoisotopic (exact) mass is 357 g/mol. The molecule has 1 aromatic carbocycles. The largest absolute Gasteiger partial charge is 0.466 e. The molecular formula is C23H35NO2. The minimum Gasteiger partial charge on any atom is -0.466 e. The maximum absolute atomic E-state index is 11.8. The normalized spacial score (nSPS) is 17.2. The standard InChI is InChI=1S/C23H35NO2/c1-2-3-4-5-16-26-23(25)15-14-19-6-8-20(9-7-19)17-21-10-12-22(18-24)13-11-21/h6-9,17,22H,2-5,10-16,18,24H2,1H3. The van der Waals surface area contributed by atoms with E-state index >= 15 is 0 Å². The zero-order valence-electron chi connectivity index (χ0n) is 16.3. The van der Waals surface area contributed by atoms with Gasteiger partial charge in [-0.15, -0.1) is 0 Å². The summed E-state index contributed by atoms with van der Waals surface area (Å²) in [7, 11) is 0. The average Bonchev–Trinajstić information content (AvgIpc) is 2.68. The molecule has 0 amide bonds. The number of nitrogens with two attached hydrogens (primary N) is 1. The number of esters is 1. The van der Waals surface area contributed by atoms with Crippen LogP contribution in [0, 0.1) is 5.92 Å². The summed E-state index contributed by atoms with van der Waals surface area (Å²) in [4.78, 5) is 11.8. The fraction of sp³-hybridized carbons (Fsp3) is 0.609. The van der Waals surface area contributed by atoms with Crippen molar-refractivity contribution in [3.8, 4) is 0 Å². The summed E-state index contributed by atoms with van der Waals surface area (Å²) in [6, 6.07) is 8.58. The molecule has 26 heavy (non-hydrogen) atoms. The highest BCUT2D eigenvalue weighted by atomic mass is 16.5. The number of unbranched alkanes of at least 4 members (excludes halogenated alkanes) is 3. The summed E-state index contributed by atoms with van der Waals surface area (Å²) in [6.45, 7) is 3.57. The van der Waals surface area contributed by atoms with Crippen LogP contribution in [-0.4, -0.2) is 19.1 Å².